The number of para-hydroxylation sites is 1. The second-order valence-electron chi connectivity index (χ2n) is 5.07. The highest BCUT2D eigenvalue weighted by Gasteiger charge is 2.17. The molecule has 1 aromatic heterocycles. The van der Waals surface area contributed by atoms with E-state index in [1.807, 2.05) is 18.3 Å². The summed E-state index contributed by atoms with van der Waals surface area (Å²) in [6.45, 7) is 0.446. The van der Waals surface area contributed by atoms with Gasteiger partial charge in [0.05, 0.1) is 17.1 Å². The van der Waals surface area contributed by atoms with Gasteiger partial charge in [-0.1, -0.05) is 41.4 Å². The highest BCUT2D eigenvalue weighted by Crippen LogP contribution is 2.25. The molecule has 2 aromatic carbocycles. The first kappa shape index (κ1) is 16.8. The molecule has 124 valence electrons. The van der Waals surface area contributed by atoms with Crippen molar-refractivity contribution in [2.75, 3.05) is 4.72 Å². The van der Waals surface area contributed by atoms with Crippen molar-refractivity contribution in [3.8, 4) is 0 Å². The second kappa shape index (κ2) is 6.84. The van der Waals surface area contributed by atoms with Gasteiger partial charge in [-0.2, -0.15) is 5.10 Å². The van der Waals surface area contributed by atoms with E-state index in [4.69, 9.17) is 23.2 Å². The van der Waals surface area contributed by atoms with Gasteiger partial charge >= 0.3 is 0 Å². The van der Waals surface area contributed by atoms with Crippen molar-refractivity contribution >= 4 is 38.9 Å². The number of rotatable bonds is 5. The smallest absolute Gasteiger partial charge is 0.262 e. The molecule has 0 aliphatic rings. The molecule has 24 heavy (non-hydrogen) atoms. The second-order valence-corrected chi connectivity index (χ2v) is 7.63. The lowest BCUT2D eigenvalue weighted by molar-refractivity contribution is 0.601. The van der Waals surface area contributed by atoms with Crippen LogP contribution in [0, 0.1) is 0 Å². The van der Waals surface area contributed by atoms with Gasteiger partial charge in [-0.05, 0) is 35.9 Å². The van der Waals surface area contributed by atoms with Gasteiger partial charge in [-0.3, -0.25) is 9.40 Å². The summed E-state index contributed by atoms with van der Waals surface area (Å²) >= 11 is 11.8. The third-order valence-electron chi connectivity index (χ3n) is 3.30. The van der Waals surface area contributed by atoms with Crippen LogP contribution in [0.4, 0.5) is 5.69 Å². The van der Waals surface area contributed by atoms with Crippen LogP contribution in [-0.2, 0) is 16.6 Å². The molecule has 3 rings (SSSR count). The zero-order valence-corrected chi connectivity index (χ0v) is 14.7. The van der Waals surface area contributed by atoms with Crippen molar-refractivity contribution in [3.05, 3.63) is 76.5 Å². The Kier molecular flexibility index (Phi) is 4.80. The molecule has 0 spiro atoms. The minimum atomic E-state index is -3.81. The normalized spacial score (nSPS) is 11.4. The first-order valence-corrected chi connectivity index (χ1v) is 9.22. The Morgan fingerprint density at radius 3 is 2.42 bits per heavy atom. The highest BCUT2D eigenvalue weighted by molar-refractivity contribution is 7.92. The van der Waals surface area contributed by atoms with E-state index in [2.05, 4.69) is 9.82 Å². The Balaban J connectivity index is 1.93. The van der Waals surface area contributed by atoms with Crippen molar-refractivity contribution < 1.29 is 8.42 Å². The zero-order valence-electron chi connectivity index (χ0n) is 12.4. The predicted octanol–water partition coefficient (Wildman–Crippen LogP) is 4.04. The fourth-order valence-corrected chi connectivity index (χ4v) is 4.04. The maximum atomic E-state index is 12.6. The average molecular weight is 382 g/mol. The third kappa shape index (κ3) is 3.90. The van der Waals surface area contributed by atoms with Crippen molar-refractivity contribution in [2.45, 2.75) is 11.4 Å². The van der Waals surface area contributed by atoms with Crippen LogP contribution in [0.2, 0.25) is 10.0 Å². The van der Waals surface area contributed by atoms with Crippen LogP contribution < -0.4 is 4.72 Å². The van der Waals surface area contributed by atoms with E-state index in [-0.39, 0.29) is 14.9 Å². The fourth-order valence-electron chi connectivity index (χ4n) is 2.21. The zero-order chi connectivity index (χ0) is 17.2. The molecule has 0 unspecified atom stereocenters. The summed E-state index contributed by atoms with van der Waals surface area (Å²) in [6, 6.07) is 13.1. The lowest BCUT2D eigenvalue weighted by Crippen LogP contribution is -2.15. The summed E-state index contributed by atoms with van der Waals surface area (Å²) in [5, 5.41) is 4.65. The number of nitrogens with one attached hydrogen (secondary N) is 1. The van der Waals surface area contributed by atoms with Crippen LogP contribution in [0.5, 0.6) is 0 Å². The average Bonchev–Trinajstić information content (AvgIpc) is 3.01. The van der Waals surface area contributed by atoms with Crippen molar-refractivity contribution in [1.29, 1.82) is 0 Å². The molecule has 8 heteroatoms. The standard InChI is InChI=1S/C16H13Cl2N3O2S/c17-13-8-14(18)10-15(9-13)24(22,23)20-16-5-2-1-4-12(16)11-21-7-3-6-19-21/h1-10,20H,11H2. The van der Waals surface area contributed by atoms with Gasteiger partial charge in [0.1, 0.15) is 0 Å². The van der Waals surface area contributed by atoms with E-state index in [1.165, 1.54) is 18.2 Å². The van der Waals surface area contributed by atoms with Crippen LogP contribution in [0.25, 0.3) is 0 Å². The van der Waals surface area contributed by atoms with E-state index in [1.54, 1.807) is 29.1 Å². The molecule has 0 radical (unpaired) electrons. The number of benzene rings is 2. The Hall–Kier alpha value is -2.02. The van der Waals surface area contributed by atoms with E-state index in [0.29, 0.717) is 12.2 Å². The van der Waals surface area contributed by atoms with Crippen LogP contribution in [0.3, 0.4) is 0 Å². The van der Waals surface area contributed by atoms with Gasteiger partial charge in [0, 0.05) is 22.4 Å². The van der Waals surface area contributed by atoms with Gasteiger partial charge in [0.15, 0.2) is 0 Å². The monoisotopic (exact) mass is 381 g/mol. The number of hydrogen-bond acceptors (Lipinski definition) is 3. The number of nitrogens with zero attached hydrogens (tertiary/aromatic N) is 2. The van der Waals surface area contributed by atoms with Gasteiger partial charge in [-0.15, -0.1) is 0 Å². The molecule has 3 aromatic rings. The number of sulfonamides is 1. The first-order chi connectivity index (χ1) is 11.4. The largest absolute Gasteiger partial charge is 0.279 e. The molecule has 0 saturated carbocycles. The van der Waals surface area contributed by atoms with Gasteiger partial charge < -0.3 is 0 Å². The highest BCUT2D eigenvalue weighted by atomic mass is 35.5. The lowest BCUT2D eigenvalue weighted by atomic mass is 10.2. The van der Waals surface area contributed by atoms with Crippen LogP contribution in [0.1, 0.15) is 5.56 Å². The molecule has 0 aliphatic carbocycles. The molecular formula is C16H13Cl2N3O2S. The molecule has 0 saturated heterocycles. The summed E-state index contributed by atoms with van der Waals surface area (Å²) in [5.41, 5.74) is 1.27. The number of hydrogen-bond donors (Lipinski definition) is 1. The SMILES string of the molecule is O=S(=O)(Nc1ccccc1Cn1cccn1)c1cc(Cl)cc(Cl)c1. The third-order valence-corrected chi connectivity index (χ3v) is 5.08. The molecule has 1 N–H and O–H groups in total. The minimum Gasteiger partial charge on any atom is -0.279 e. The van der Waals surface area contributed by atoms with Gasteiger partial charge in [-0.25, -0.2) is 8.42 Å². The quantitative estimate of drug-likeness (QED) is 0.725. The van der Waals surface area contributed by atoms with E-state index >= 15 is 0 Å². The van der Waals surface area contributed by atoms with E-state index < -0.39 is 10.0 Å². The summed E-state index contributed by atoms with van der Waals surface area (Å²) in [7, 11) is -3.81. The molecule has 0 fully saturated rings. The number of halogens is 2. The molecule has 5 nitrogen and oxygen atoms in total. The van der Waals surface area contributed by atoms with Crippen molar-refractivity contribution in [2.24, 2.45) is 0 Å². The summed E-state index contributed by atoms with van der Waals surface area (Å²) in [5.74, 6) is 0. The molecule has 0 amide bonds. The maximum Gasteiger partial charge on any atom is 0.262 e. The number of anilines is 1. The summed E-state index contributed by atoms with van der Waals surface area (Å²) in [6.07, 6.45) is 3.47. The first-order valence-electron chi connectivity index (χ1n) is 6.98. The van der Waals surface area contributed by atoms with Crippen molar-refractivity contribution in [3.63, 3.8) is 0 Å². The summed E-state index contributed by atoms with van der Waals surface area (Å²) < 4.78 is 29.5. The van der Waals surface area contributed by atoms with Crippen LogP contribution >= 0.6 is 23.2 Å². The fraction of sp³-hybridized carbons (Fsp3) is 0.0625. The Labute approximate surface area is 149 Å². The molecule has 0 atom stereocenters. The van der Waals surface area contributed by atoms with Gasteiger partial charge in [0.25, 0.3) is 10.0 Å². The van der Waals surface area contributed by atoms with Crippen LogP contribution in [-0.4, -0.2) is 18.2 Å². The van der Waals surface area contributed by atoms with E-state index in [0.717, 1.165) is 5.56 Å². The molecule has 0 bridgehead atoms. The van der Waals surface area contributed by atoms with Crippen LogP contribution in [0.15, 0.2) is 65.8 Å². The molecule has 1 heterocycles. The maximum absolute atomic E-state index is 12.6. The van der Waals surface area contributed by atoms with E-state index in [9.17, 15) is 8.42 Å². The Bertz CT molecular complexity index is 937. The van der Waals surface area contributed by atoms with Gasteiger partial charge in [0.2, 0.25) is 0 Å². The molecule has 0 aliphatic heterocycles. The summed E-state index contributed by atoms with van der Waals surface area (Å²) in [4.78, 5) is 0.00823. The number of aromatic nitrogens is 2. The Morgan fingerprint density at radius 1 is 1.04 bits per heavy atom. The van der Waals surface area contributed by atoms with Crippen molar-refractivity contribution in [1.82, 2.24) is 9.78 Å². The predicted molar refractivity (Wildman–Crippen MR) is 95.0 cm³/mol. The lowest BCUT2D eigenvalue weighted by Gasteiger charge is -2.13. The minimum absolute atomic E-state index is 0.00823. The Morgan fingerprint density at radius 2 is 1.75 bits per heavy atom. The molecular weight excluding hydrogens is 369 g/mol. The topological polar surface area (TPSA) is 64.0 Å².